The Kier molecular flexibility index (Phi) is 6.54. The zero-order valence-electron chi connectivity index (χ0n) is 17.0. The van der Waals surface area contributed by atoms with Gasteiger partial charge in [-0.2, -0.15) is 5.06 Å². The maximum absolute atomic E-state index is 11.8. The number of hydrogen-bond donors (Lipinski definition) is 1. The Labute approximate surface area is 167 Å². The van der Waals surface area contributed by atoms with Crippen molar-refractivity contribution >= 4 is 11.7 Å². The van der Waals surface area contributed by atoms with E-state index in [9.17, 15) is 4.79 Å². The molecule has 6 heteroatoms. The van der Waals surface area contributed by atoms with Crippen LogP contribution in [0, 0.1) is 5.92 Å². The predicted octanol–water partition coefficient (Wildman–Crippen LogP) is 3.52. The van der Waals surface area contributed by atoms with Crippen LogP contribution in [0.15, 0.2) is 48.5 Å². The van der Waals surface area contributed by atoms with E-state index in [1.165, 1.54) is 6.92 Å². The first-order valence-corrected chi connectivity index (χ1v) is 9.64. The van der Waals surface area contributed by atoms with Crippen LogP contribution >= 0.6 is 0 Å². The standard InChI is InChI=1S/C22H29N3O3/c1-16(2)13-23-22-24(15-19-10-6-8-12-21(19)27-4)14-18-9-5-7-11-20(18)25(22)28-17(3)26/h5-12,16,22-23H,13-15H2,1-4H3. The minimum absolute atomic E-state index is 0.272. The number of fused-ring (bicyclic) bond motifs is 1. The van der Waals surface area contributed by atoms with E-state index in [1.54, 1.807) is 12.2 Å². The van der Waals surface area contributed by atoms with Crippen molar-refractivity contribution < 1.29 is 14.4 Å². The molecule has 1 aliphatic heterocycles. The molecule has 0 spiro atoms. The lowest BCUT2D eigenvalue weighted by Crippen LogP contribution is -2.60. The van der Waals surface area contributed by atoms with E-state index < -0.39 is 0 Å². The van der Waals surface area contributed by atoms with Gasteiger partial charge in [-0.25, -0.2) is 0 Å². The first-order valence-electron chi connectivity index (χ1n) is 9.64. The maximum atomic E-state index is 11.8. The van der Waals surface area contributed by atoms with Gasteiger partial charge in [-0.3, -0.25) is 15.0 Å². The molecule has 0 fully saturated rings. The molecule has 2 aromatic rings. The molecule has 1 aliphatic rings. The summed E-state index contributed by atoms with van der Waals surface area (Å²) in [7, 11) is 1.68. The van der Waals surface area contributed by atoms with Crippen LogP contribution in [0.4, 0.5) is 5.69 Å². The lowest BCUT2D eigenvalue weighted by Gasteiger charge is -2.44. The highest BCUT2D eigenvalue weighted by Crippen LogP contribution is 2.32. The van der Waals surface area contributed by atoms with Gasteiger partial charge in [0.05, 0.1) is 12.8 Å². The van der Waals surface area contributed by atoms with Crippen molar-refractivity contribution in [3.63, 3.8) is 0 Å². The molecule has 1 atom stereocenters. The molecule has 150 valence electrons. The van der Waals surface area contributed by atoms with Crippen LogP contribution in [-0.4, -0.2) is 30.8 Å². The summed E-state index contributed by atoms with van der Waals surface area (Å²) in [6.07, 6.45) is -0.272. The summed E-state index contributed by atoms with van der Waals surface area (Å²) in [4.78, 5) is 19.7. The fourth-order valence-corrected chi connectivity index (χ4v) is 3.43. The van der Waals surface area contributed by atoms with Crippen molar-refractivity contribution in [1.29, 1.82) is 0 Å². The van der Waals surface area contributed by atoms with Crippen LogP contribution in [0.3, 0.4) is 0 Å². The number of hydroxylamine groups is 1. The molecule has 3 rings (SSSR count). The topological polar surface area (TPSA) is 54.0 Å². The van der Waals surface area contributed by atoms with Crippen molar-refractivity contribution in [2.75, 3.05) is 18.7 Å². The number of hydrogen-bond acceptors (Lipinski definition) is 6. The van der Waals surface area contributed by atoms with Gasteiger partial charge in [0.25, 0.3) is 0 Å². The van der Waals surface area contributed by atoms with E-state index in [0.29, 0.717) is 12.5 Å². The third-order valence-corrected chi connectivity index (χ3v) is 4.67. The first-order chi connectivity index (χ1) is 13.5. The van der Waals surface area contributed by atoms with Gasteiger partial charge in [0.1, 0.15) is 5.75 Å². The Hall–Kier alpha value is -2.57. The monoisotopic (exact) mass is 383 g/mol. The average Bonchev–Trinajstić information content (AvgIpc) is 2.67. The molecule has 0 radical (unpaired) electrons. The second-order valence-corrected chi connectivity index (χ2v) is 7.43. The van der Waals surface area contributed by atoms with Crippen LogP contribution in [0.5, 0.6) is 5.75 Å². The van der Waals surface area contributed by atoms with Crippen molar-refractivity contribution in [2.45, 2.75) is 40.2 Å². The van der Waals surface area contributed by atoms with E-state index in [4.69, 9.17) is 9.57 Å². The summed E-state index contributed by atoms with van der Waals surface area (Å²) in [5.41, 5.74) is 3.11. The average molecular weight is 383 g/mol. The Morgan fingerprint density at radius 2 is 1.89 bits per heavy atom. The minimum Gasteiger partial charge on any atom is -0.496 e. The highest BCUT2D eigenvalue weighted by molar-refractivity contribution is 5.68. The van der Waals surface area contributed by atoms with Gasteiger partial charge in [0, 0.05) is 32.1 Å². The summed E-state index contributed by atoms with van der Waals surface area (Å²) < 4.78 is 5.54. The summed E-state index contributed by atoms with van der Waals surface area (Å²) in [5.74, 6) is 0.970. The molecule has 1 unspecified atom stereocenters. The number of methoxy groups -OCH3 is 1. The van der Waals surface area contributed by atoms with E-state index in [0.717, 1.165) is 35.7 Å². The van der Waals surface area contributed by atoms with E-state index in [2.05, 4.69) is 36.2 Å². The number of ether oxygens (including phenoxy) is 1. The molecule has 0 saturated heterocycles. The molecule has 0 saturated carbocycles. The fourth-order valence-electron chi connectivity index (χ4n) is 3.43. The molecule has 0 aliphatic carbocycles. The van der Waals surface area contributed by atoms with Crippen LogP contribution in [0.1, 0.15) is 31.9 Å². The number of benzene rings is 2. The molecular formula is C22H29N3O3. The van der Waals surface area contributed by atoms with Gasteiger partial charge in [-0.15, -0.1) is 0 Å². The number of nitrogens with zero attached hydrogens (tertiary/aromatic N) is 2. The van der Waals surface area contributed by atoms with Gasteiger partial charge in [-0.1, -0.05) is 50.2 Å². The third-order valence-electron chi connectivity index (χ3n) is 4.67. The number of anilines is 1. The number of rotatable bonds is 7. The van der Waals surface area contributed by atoms with Gasteiger partial charge >= 0.3 is 5.97 Å². The summed E-state index contributed by atoms with van der Waals surface area (Å²) in [6.45, 7) is 7.94. The van der Waals surface area contributed by atoms with E-state index >= 15 is 0 Å². The quantitative estimate of drug-likeness (QED) is 0.790. The molecule has 2 aromatic carbocycles. The Morgan fingerprint density at radius 1 is 1.18 bits per heavy atom. The number of carbonyl (C=O) groups is 1. The van der Waals surface area contributed by atoms with Gasteiger partial charge in [-0.05, 0) is 23.6 Å². The summed E-state index contributed by atoms with van der Waals surface area (Å²) in [6, 6.07) is 16.0. The largest absolute Gasteiger partial charge is 0.496 e. The van der Waals surface area contributed by atoms with Crippen molar-refractivity contribution in [2.24, 2.45) is 5.92 Å². The number of nitrogens with one attached hydrogen (secondary N) is 1. The number of carbonyl (C=O) groups excluding carboxylic acids is 1. The second-order valence-electron chi connectivity index (χ2n) is 7.43. The van der Waals surface area contributed by atoms with Crippen LogP contribution in [0.2, 0.25) is 0 Å². The molecule has 28 heavy (non-hydrogen) atoms. The Morgan fingerprint density at radius 3 is 2.61 bits per heavy atom. The molecule has 0 bridgehead atoms. The maximum Gasteiger partial charge on any atom is 0.329 e. The summed E-state index contributed by atoms with van der Waals surface area (Å²) in [5, 5.41) is 5.25. The smallest absolute Gasteiger partial charge is 0.329 e. The van der Waals surface area contributed by atoms with Crippen LogP contribution < -0.4 is 15.1 Å². The molecule has 1 heterocycles. The van der Waals surface area contributed by atoms with E-state index in [1.807, 2.05) is 36.4 Å². The van der Waals surface area contributed by atoms with Gasteiger partial charge < -0.3 is 9.57 Å². The zero-order valence-corrected chi connectivity index (χ0v) is 17.0. The van der Waals surface area contributed by atoms with Crippen LogP contribution in [-0.2, 0) is 22.7 Å². The van der Waals surface area contributed by atoms with Crippen molar-refractivity contribution in [1.82, 2.24) is 10.2 Å². The summed E-state index contributed by atoms with van der Waals surface area (Å²) >= 11 is 0. The van der Waals surface area contributed by atoms with Crippen molar-refractivity contribution in [3.8, 4) is 5.75 Å². The normalized spacial score (nSPS) is 16.8. The van der Waals surface area contributed by atoms with Gasteiger partial charge in [0.2, 0.25) is 0 Å². The molecule has 0 amide bonds. The molecule has 0 aromatic heterocycles. The number of para-hydroxylation sites is 2. The van der Waals surface area contributed by atoms with Crippen LogP contribution in [0.25, 0.3) is 0 Å². The predicted molar refractivity (Wildman–Crippen MR) is 110 cm³/mol. The van der Waals surface area contributed by atoms with Gasteiger partial charge in [0.15, 0.2) is 6.29 Å². The Balaban J connectivity index is 1.96. The van der Waals surface area contributed by atoms with Crippen molar-refractivity contribution in [3.05, 3.63) is 59.7 Å². The minimum atomic E-state index is -0.342. The molecule has 6 nitrogen and oxygen atoms in total. The fraction of sp³-hybridized carbons (Fsp3) is 0.409. The first kappa shape index (κ1) is 20.2. The lowest BCUT2D eigenvalue weighted by atomic mass is 10.1. The Bertz CT molecular complexity index is 809. The third kappa shape index (κ3) is 4.64. The molecular weight excluding hydrogens is 354 g/mol. The van der Waals surface area contributed by atoms with E-state index in [-0.39, 0.29) is 12.3 Å². The SMILES string of the molecule is COc1ccccc1CN1Cc2ccccc2N(OC(C)=O)C1NCC(C)C. The molecule has 1 N–H and O–H groups in total. The zero-order chi connectivity index (χ0) is 20.1. The highest BCUT2D eigenvalue weighted by atomic mass is 16.7. The highest BCUT2D eigenvalue weighted by Gasteiger charge is 2.35. The lowest BCUT2D eigenvalue weighted by molar-refractivity contribution is -0.146. The second kappa shape index (κ2) is 9.08.